The lowest BCUT2D eigenvalue weighted by Gasteiger charge is -2.34. The van der Waals surface area contributed by atoms with Crippen molar-refractivity contribution < 1.29 is 0 Å². The van der Waals surface area contributed by atoms with E-state index < -0.39 is 0 Å². The molecule has 1 fully saturated rings. The number of rotatable bonds is 7. The summed E-state index contributed by atoms with van der Waals surface area (Å²) in [5, 5.41) is 8.05. The predicted octanol–water partition coefficient (Wildman–Crippen LogP) is 3.27. The van der Waals surface area contributed by atoms with Crippen LogP contribution in [0.25, 0.3) is 0 Å². The Labute approximate surface area is 157 Å². The average Bonchev–Trinajstić information content (AvgIpc) is 2.91. The molecule has 6 heteroatoms. The Bertz CT molecular complexity index is 518. The molecule has 1 aliphatic rings. The Morgan fingerprint density at radius 3 is 2.52 bits per heavy atom. The van der Waals surface area contributed by atoms with Gasteiger partial charge >= 0.3 is 0 Å². The third-order valence-corrected chi connectivity index (χ3v) is 6.08. The second-order valence-corrected chi connectivity index (χ2v) is 8.34. The van der Waals surface area contributed by atoms with E-state index in [1.165, 1.54) is 43.6 Å². The number of aryl methyl sites for hydroxylation is 1. The van der Waals surface area contributed by atoms with Crippen LogP contribution in [-0.2, 0) is 13.0 Å². The normalized spacial score (nSPS) is 18.2. The maximum Gasteiger partial charge on any atom is 0.191 e. The van der Waals surface area contributed by atoms with Crippen molar-refractivity contribution in [1.82, 2.24) is 20.5 Å². The number of aromatic nitrogens is 1. The van der Waals surface area contributed by atoms with Crippen molar-refractivity contribution in [1.29, 1.82) is 0 Å². The minimum Gasteiger partial charge on any atom is -0.355 e. The molecule has 1 saturated heterocycles. The molecule has 142 valence electrons. The molecule has 0 saturated carbocycles. The summed E-state index contributed by atoms with van der Waals surface area (Å²) < 4.78 is 0. The van der Waals surface area contributed by atoms with E-state index in [-0.39, 0.29) is 0 Å². The van der Waals surface area contributed by atoms with Crippen LogP contribution in [-0.4, -0.2) is 48.6 Å². The number of thiazole rings is 1. The van der Waals surface area contributed by atoms with Crippen LogP contribution in [0.3, 0.4) is 0 Å². The minimum absolute atomic E-state index is 0.559. The topological polar surface area (TPSA) is 52.6 Å². The van der Waals surface area contributed by atoms with Crippen LogP contribution in [0.15, 0.2) is 11.2 Å². The molecular formula is C19H35N5S. The van der Waals surface area contributed by atoms with Crippen molar-refractivity contribution in [2.24, 2.45) is 10.9 Å². The first kappa shape index (κ1) is 20.2. The monoisotopic (exact) mass is 365 g/mol. The van der Waals surface area contributed by atoms with Gasteiger partial charge in [-0.15, -0.1) is 11.3 Å². The zero-order valence-corrected chi connectivity index (χ0v) is 17.2. The molecule has 25 heavy (non-hydrogen) atoms. The van der Waals surface area contributed by atoms with Crippen LogP contribution in [0.4, 0.5) is 0 Å². The second kappa shape index (κ2) is 10.8. The van der Waals surface area contributed by atoms with Gasteiger partial charge in [0.15, 0.2) is 5.96 Å². The van der Waals surface area contributed by atoms with Gasteiger partial charge in [0.25, 0.3) is 0 Å². The van der Waals surface area contributed by atoms with Crippen molar-refractivity contribution in [2.45, 2.75) is 65.5 Å². The smallest absolute Gasteiger partial charge is 0.191 e. The molecule has 0 radical (unpaired) electrons. The molecule has 0 aromatic carbocycles. The van der Waals surface area contributed by atoms with Crippen LogP contribution in [0.5, 0.6) is 0 Å². The maximum atomic E-state index is 4.47. The molecule has 2 heterocycles. The highest BCUT2D eigenvalue weighted by Crippen LogP contribution is 2.17. The number of guanidine groups is 1. The molecule has 5 nitrogen and oxygen atoms in total. The predicted molar refractivity (Wildman–Crippen MR) is 108 cm³/mol. The number of hydrogen-bond donors (Lipinski definition) is 2. The van der Waals surface area contributed by atoms with Crippen molar-refractivity contribution in [2.75, 3.05) is 26.7 Å². The van der Waals surface area contributed by atoms with Gasteiger partial charge in [-0.3, -0.25) is 9.89 Å². The van der Waals surface area contributed by atoms with Gasteiger partial charge in [0.2, 0.25) is 0 Å². The summed E-state index contributed by atoms with van der Waals surface area (Å²) in [6.07, 6.45) is 8.46. The van der Waals surface area contributed by atoms with Crippen LogP contribution in [0.1, 0.15) is 56.3 Å². The van der Waals surface area contributed by atoms with E-state index in [1.54, 1.807) is 11.3 Å². The van der Waals surface area contributed by atoms with Gasteiger partial charge in [0.1, 0.15) is 5.01 Å². The highest BCUT2D eigenvalue weighted by molar-refractivity contribution is 7.11. The molecule has 0 bridgehead atoms. The highest BCUT2D eigenvalue weighted by atomic mass is 32.1. The average molecular weight is 366 g/mol. The molecular weight excluding hydrogens is 330 g/mol. The van der Waals surface area contributed by atoms with E-state index in [1.807, 2.05) is 13.2 Å². The molecule has 1 aromatic heterocycles. The molecule has 1 unspecified atom stereocenters. The molecule has 2 rings (SSSR count). The van der Waals surface area contributed by atoms with Crippen LogP contribution >= 0.6 is 11.3 Å². The van der Waals surface area contributed by atoms with Gasteiger partial charge < -0.3 is 10.6 Å². The van der Waals surface area contributed by atoms with E-state index >= 15 is 0 Å². The third-order valence-electron chi connectivity index (χ3n) is 4.94. The van der Waals surface area contributed by atoms with Gasteiger partial charge in [0, 0.05) is 30.7 Å². The Balaban J connectivity index is 1.84. The number of aliphatic imine (C=N–C) groups is 1. The quantitative estimate of drug-likeness (QED) is 0.575. The first-order valence-electron chi connectivity index (χ1n) is 9.76. The maximum absolute atomic E-state index is 4.47. The molecule has 0 aliphatic carbocycles. The van der Waals surface area contributed by atoms with Gasteiger partial charge in [-0.25, -0.2) is 4.98 Å². The Morgan fingerprint density at radius 2 is 1.96 bits per heavy atom. The van der Waals surface area contributed by atoms with Crippen molar-refractivity contribution in [3.05, 3.63) is 16.1 Å². The van der Waals surface area contributed by atoms with Crippen molar-refractivity contribution in [3.63, 3.8) is 0 Å². The van der Waals surface area contributed by atoms with Gasteiger partial charge in [-0.1, -0.05) is 33.6 Å². The molecule has 1 atom stereocenters. The van der Waals surface area contributed by atoms with E-state index in [9.17, 15) is 0 Å². The molecule has 1 aromatic rings. The SMILES string of the molecule is CCc1cnc(CNC(=NC)NCC(C(C)C)N2CCCCCC2)s1. The first-order chi connectivity index (χ1) is 12.1. The largest absolute Gasteiger partial charge is 0.355 e. The fourth-order valence-electron chi connectivity index (χ4n) is 3.39. The van der Waals surface area contributed by atoms with Crippen LogP contribution in [0.2, 0.25) is 0 Å². The molecule has 0 amide bonds. The summed E-state index contributed by atoms with van der Waals surface area (Å²) in [6, 6.07) is 0.559. The fraction of sp³-hybridized carbons (Fsp3) is 0.789. The summed E-state index contributed by atoms with van der Waals surface area (Å²) in [5.41, 5.74) is 0. The first-order valence-corrected chi connectivity index (χ1v) is 10.6. The molecule has 2 N–H and O–H groups in total. The van der Waals surface area contributed by atoms with E-state index in [0.29, 0.717) is 12.0 Å². The number of nitrogens with one attached hydrogen (secondary N) is 2. The summed E-state index contributed by atoms with van der Waals surface area (Å²) in [4.78, 5) is 12.9. The lowest BCUT2D eigenvalue weighted by atomic mass is 10.0. The van der Waals surface area contributed by atoms with Crippen LogP contribution < -0.4 is 10.6 Å². The zero-order chi connectivity index (χ0) is 18.1. The Kier molecular flexibility index (Phi) is 8.68. The van der Waals surface area contributed by atoms with Gasteiger partial charge in [-0.2, -0.15) is 0 Å². The fourth-order valence-corrected chi connectivity index (χ4v) is 4.19. The van der Waals surface area contributed by atoms with Gasteiger partial charge in [-0.05, 0) is 38.3 Å². The zero-order valence-electron chi connectivity index (χ0n) is 16.3. The van der Waals surface area contributed by atoms with Gasteiger partial charge in [0.05, 0.1) is 6.54 Å². The van der Waals surface area contributed by atoms with E-state index in [4.69, 9.17) is 0 Å². The summed E-state index contributed by atoms with van der Waals surface area (Å²) in [7, 11) is 1.84. The number of hydrogen-bond acceptors (Lipinski definition) is 4. The molecule has 1 aliphatic heterocycles. The molecule has 0 spiro atoms. The summed E-state index contributed by atoms with van der Waals surface area (Å²) in [6.45, 7) is 11.0. The summed E-state index contributed by atoms with van der Waals surface area (Å²) >= 11 is 1.78. The highest BCUT2D eigenvalue weighted by Gasteiger charge is 2.22. The minimum atomic E-state index is 0.559. The van der Waals surface area contributed by atoms with E-state index in [0.717, 1.165) is 30.5 Å². The van der Waals surface area contributed by atoms with E-state index in [2.05, 4.69) is 46.3 Å². The number of nitrogens with zero attached hydrogens (tertiary/aromatic N) is 3. The Hall–Kier alpha value is -1.14. The second-order valence-electron chi connectivity index (χ2n) is 7.14. The lowest BCUT2D eigenvalue weighted by Crippen LogP contribution is -2.49. The number of likely N-dealkylation sites (tertiary alicyclic amines) is 1. The Morgan fingerprint density at radius 1 is 1.24 bits per heavy atom. The third kappa shape index (κ3) is 6.59. The van der Waals surface area contributed by atoms with Crippen LogP contribution in [0, 0.1) is 5.92 Å². The standard InChI is InChI=1S/C19H35N5S/c1-5-16-12-21-18(25-16)14-23-19(20-4)22-13-17(15(2)3)24-10-8-6-7-9-11-24/h12,15,17H,5-11,13-14H2,1-4H3,(H2,20,22,23). The van der Waals surface area contributed by atoms with Crippen molar-refractivity contribution in [3.8, 4) is 0 Å². The summed E-state index contributed by atoms with van der Waals surface area (Å²) in [5.74, 6) is 1.50. The van der Waals surface area contributed by atoms with Crippen molar-refractivity contribution >= 4 is 17.3 Å². The lowest BCUT2D eigenvalue weighted by molar-refractivity contribution is 0.161.